The molecule has 0 aliphatic carbocycles. The zero-order valence-corrected chi connectivity index (χ0v) is 32.5. The number of nitrogens with zero attached hydrogens (tertiary/aromatic N) is 4. The van der Waals surface area contributed by atoms with Crippen molar-refractivity contribution < 1.29 is 106 Å². The van der Waals surface area contributed by atoms with E-state index in [1.807, 2.05) is 26.8 Å². The molecule has 8 bridgehead atoms. The summed E-state index contributed by atoms with van der Waals surface area (Å²) in [5, 5.41) is 34.0. The van der Waals surface area contributed by atoms with Crippen LogP contribution in [0.1, 0.15) is 95.4 Å². The molecule has 13 heteroatoms. The predicted octanol–water partition coefficient (Wildman–Crippen LogP) is -2.37. The summed E-state index contributed by atoms with van der Waals surface area (Å²) in [6.45, 7) is 13.2. The van der Waals surface area contributed by atoms with Gasteiger partial charge in [-0.3, -0.25) is 4.79 Å². The molecule has 5 heterocycles. The van der Waals surface area contributed by atoms with E-state index in [1.165, 1.54) is 0 Å². The van der Waals surface area contributed by atoms with Gasteiger partial charge in [0, 0.05) is 5.97 Å². The molecule has 0 atom stereocenters. The molecule has 1 radical (unpaired) electrons. The summed E-state index contributed by atoms with van der Waals surface area (Å²) >= 11 is 0. The smallest absolute Gasteiger partial charge is 0.657 e. The first kappa shape index (κ1) is 40.4. The van der Waals surface area contributed by atoms with Crippen LogP contribution in [-0.4, -0.2) is 33.0 Å². The number of aryl methyl sites for hydroxylation is 2. The van der Waals surface area contributed by atoms with Gasteiger partial charge in [-0.15, -0.1) is 22.1 Å². The molecule has 3 aromatic heterocycles. The van der Waals surface area contributed by atoms with E-state index in [0.717, 1.165) is 22.3 Å². The Labute approximate surface area is 326 Å². The molecule has 10 nitrogen and oxygen atoms in total. The first-order chi connectivity index (χ1) is 20.9. The fourth-order valence-corrected chi connectivity index (χ4v) is 5.97. The molecule has 0 spiro atoms. The van der Waals surface area contributed by atoms with Crippen molar-refractivity contribution in [1.82, 2.24) is 19.9 Å². The van der Waals surface area contributed by atoms with Crippen molar-refractivity contribution in [1.29, 1.82) is 0 Å². The number of carbonyl (C=O) groups is 3. The average molecular weight is 696 g/mol. The fourth-order valence-electron chi connectivity index (χ4n) is 5.97. The molecule has 0 unspecified atom stereocenters. The van der Waals surface area contributed by atoms with Gasteiger partial charge in [0.05, 0.1) is 35.2 Å². The third-order valence-corrected chi connectivity index (χ3v) is 8.34. The number of carboxylic acids is 3. The van der Waals surface area contributed by atoms with Gasteiger partial charge in [-0.2, -0.15) is 0 Å². The van der Waals surface area contributed by atoms with Gasteiger partial charge in [0.2, 0.25) is 0 Å². The van der Waals surface area contributed by atoms with Crippen molar-refractivity contribution in [2.24, 2.45) is 0 Å². The van der Waals surface area contributed by atoms with Crippen molar-refractivity contribution in [3.05, 3.63) is 75.4 Å². The Kier molecular flexibility index (Phi) is 13.9. The van der Waals surface area contributed by atoms with E-state index in [0.29, 0.717) is 56.8 Å². The molecule has 233 valence electrons. The van der Waals surface area contributed by atoms with Gasteiger partial charge >= 0.3 is 81.9 Å². The van der Waals surface area contributed by atoms with Crippen LogP contribution in [-0.2, 0) is 32.8 Å². The Morgan fingerprint density at radius 3 is 2.02 bits per heavy atom. The Bertz CT molecular complexity index is 2040. The van der Waals surface area contributed by atoms with Crippen molar-refractivity contribution in [2.45, 2.75) is 60.3 Å². The van der Waals surface area contributed by atoms with Gasteiger partial charge in [-0.25, -0.2) is 9.97 Å². The predicted molar refractivity (Wildman–Crippen MR) is 164 cm³/mol. The summed E-state index contributed by atoms with van der Waals surface area (Å²) in [7, 11) is 0. The zero-order chi connectivity index (χ0) is 32.0. The SMILES string of the molecule is C=Cc1c(C)c2cc3nc(c(CC(=O)O)c4[n-]c(cc5nc(cc1[n-]2)C(C)=C5CC)c(C)c4C(=O)[O-])C(CCC(=O)[O-])=C3C.[Co+2].[Na+].[Na+]. The van der Waals surface area contributed by atoms with Crippen LogP contribution >= 0.6 is 0 Å². The molecule has 1 N–H and O–H groups in total. The molecular formula is C34H30CoN4Na2O6. The van der Waals surface area contributed by atoms with Gasteiger partial charge < -0.3 is 34.9 Å². The first-order valence-corrected chi connectivity index (χ1v) is 14.2. The molecule has 0 aromatic carbocycles. The van der Waals surface area contributed by atoms with Crippen LogP contribution < -0.4 is 79.3 Å². The zero-order valence-electron chi connectivity index (χ0n) is 27.5. The molecule has 0 amide bonds. The largest absolute Gasteiger partial charge is 2.00 e. The number of aromatic nitrogens is 4. The second-order valence-electron chi connectivity index (χ2n) is 10.9. The number of fused-ring (bicyclic) bond motifs is 8. The molecule has 0 saturated heterocycles. The topological polar surface area (TPSA) is 172 Å². The summed E-state index contributed by atoms with van der Waals surface area (Å²) in [6.07, 6.45) is 1.39. The Hall–Kier alpha value is -2.74. The molecule has 3 aromatic rings. The van der Waals surface area contributed by atoms with E-state index in [-0.39, 0.29) is 111 Å². The molecular weight excluding hydrogens is 665 g/mol. The fraction of sp³-hybridized carbons (Fsp3) is 0.265. The van der Waals surface area contributed by atoms with Gasteiger partial charge in [-0.1, -0.05) is 48.9 Å². The van der Waals surface area contributed by atoms with Gasteiger partial charge in [-0.05, 0) is 85.9 Å². The van der Waals surface area contributed by atoms with E-state index in [1.54, 1.807) is 32.1 Å². The molecule has 0 fully saturated rings. The van der Waals surface area contributed by atoms with Gasteiger partial charge in [0.1, 0.15) is 0 Å². The van der Waals surface area contributed by atoms with Crippen LogP contribution in [0.5, 0.6) is 0 Å². The maximum atomic E-state index is 12.5. The van der Waals surface area contributed by atoms with Crippen molar-refractivity contribution >= 4 is 68.3 Å². The van der Waals surface area contributed by atoms with E-state index in [9.17, 15) is 29.7 Å². The second kappa shape index (κ2) is 16.1. The minimum atomic E-state index is -1.52. The number of rotatable bonds is 8. The maximum Gasteiger partial charge on any atom is 2.00 e. The average Bonchev–Trinajstić information content (AvgIpc) is 3.63. The first-order valence-electron chi connectivity index (χ1n) is 14.2. The van der Waals surface area contributed by atoms with Crippen molar-refractivity contribution in [3.8, 4) is 0 Å². The number of hydrogen-bond acceptors (Lipinski definition) is 7. The number of aromatic carboxylic acids is 1. The van der Waals surface area contributed by atoms with Crippen molar-refractivity contribution in [2.75, 3.05) is 0 Å². The quantitative estimate of drug-likeness (QED) is 0.251. The summed E-state index contributed by atoms with van der Waals surface area (Å²) in [6, 6.07) is 5.34. The third kappa shape index (κ3) is 7.63. The normalized spacial score (nSPS) is 12.2. The van der Waals surface area contributed by atoms with Crippen LogP contribution in [0.4, 0.5) is 0 Å². The van der Waals surface area contributed by atoms with Gasteiger partial charge in [0.15, 0.2) is 0 Å². The molecule has 2 aliphatic heterocycles. The second-order valence-corrected chi connectivity index (χ2v) is 10.9. The van der Waals surface area contributed by atoms with Crippen LogP contribution in [0.25, 0.3) is 50.4 Å². The Balaban J connectivity index is 0.00000256. The number of hydrogen-bond donors (Lipinski definition) is 1. The number of allylic oxidation sites excluding steroid dienone is 4. The number of carboxylic acid groups (broad SMARTS) is 3. The molecule has 2 aliphatic rings. The summed E-state index contributed by atoms with van der Waals surface area (Å²) < 4.78 is 0. The summed E-state index contributed by atoms with van der Waals surface area (Å²) in [4.78, 5) is 55.4. The Morgan fingerprint density at radius 2 is 1.45 bits per heavy atom. The number of aliphatic carboxylic acids is 2. The van der Waals surface area contributed by atoms with Crippen LogP contribution in [0, 0.1) is 13.8 Å². The van der Waals surface area contributed by atoms with Crippen LogP contribution in [0.15, 0.2) is 24.8 Å². The maximum absolute atomic E-state index is 12.5. The molecule has 47 heavy (non-hydrogen) atoms. The van der Waals surface area contributed by atoms with Gasteiger partial charge in [0.25, 0.3) is 0 Å². The van der Waals surface area contributed by atoms with Crippen LogP contribution in [0.2, 0.25) is 0 Å². The minimum absolute atomic E-state index is 0. The summed E-state index contributed by atoms with van der Waals surface area (Å²) in [5.41, 5.74) is 8.09. The van der Waals surface area contributed by atoms with E-state index < -0.39 is 24.3 Å². The van der Waals surface area contributed by atoms with E-state index >= 15 is 0 Å². The summed E-state index contributed by atoms with van der Waals surface area (Å²) in [5.74, 6) is -4.05. The Morgan fingerprint density at radius 1 is 0.872 bits per heavy atom. The van der Waals surface area contributed by atoms with Crippen LogP contribution in [0.3, 0.4) is 0 Å². The van der Waals surface area contributed by atoms with Crippen molar-refractivity contribution in [3.63, 3.8) is 0 Å². The third-order valence-electron chi connectivity index (χ3n) is 8.34. The van der Waals surface area contributed by atoms with E-state index in [2.05, 4.69) is 11.6 Å². The molecule has 5 rings (SSSR count). The monoisotopic (exact) mass is 695 g/mol. The minimum Gasteiger partial charge on any atom is -0.657 e. The molecule has 0 saturated carbocycles. The number of carbonyl (C=O) groups excluding carboxylic acids is 2. The standard InChI is InChI=1S/C34H34N4O6.Co.2Na/c1-7-19-15(3)23-12-25-17(5)21(9-10-29(39)40)32(37-25)22(11-30(41)42)33-31(34(43)44)18(6)26(38-33)14-28-20(8-2)16(4)24(36-28)13-27(19)35-23;;;/h7,12-14H,1,8-11H2,2-6H3,(H5,35,36,37,38,39,40,41,42,43,44);;;/q;+2;2*+1/p-4. The van der Waals surface area contributed by atoms with E-state index in [4.69, 9.17) is 15.0 Å².